The first-order chi connectivity index (χ1) is 9.47. The zero-order chi connectivity index (χ0) is 14.7. The fourth-order valence-corrected chi connectivity index (χ4v) is 2.39. The van der Waals surface area contributed by atoms with Crippen LogP contribution in [0.15, 0.2) is 41.4 Å². The van der Waals surface area contributed by atoms with Crippen molar-refractivity contribution in [3.63, 3.8) is 0 Å². The van der Waals surface area contributed by atoms with Crippen molar-refractivity contribution in [1.29, 1.82) is 0 Å². The van der Waals surface area contributed by atoms with Gasteiger partial charge < -0.3 is 5.11 Å². The Hall–Kier alpha value is -1.67. The Kier molecular flexibility index (Phi) is 4.56. The molecule has 102 valence electrons. The quantitative estimate of drug-likeness (QED) is 0.360. The molecule has 1 N–H and O–H groups in total. The summed E-state index contributed by atoms with van der Waals surface area (Å²) in [5.41, 5.74) is 0.671. The van der Waals surface area contributed by atoms with Crippen LogP contribution in [0.3, 0.4) is 0 Å². The molecule has 0 saturated heterocycles. The minimum Gasteiger partial charge on any atom is -0.507 e. The number of hydrogen-bond donors (Lipinski definition) is 1. The predicted octanol–water partition coefficient (Wildman–Crippen LogP) is 4.31. The molecule has 0 aliphatic carbocycles. The number of benzene rings is 2. The third kappa shape index (κ3) is 3.45. The van der Waals surface area contributed by atoms with E-state index in [-0.39, 0.29) is 17.0 Å². The molecule has 0 fully saturated rings. The van der Waals surface area contributed by atoms with Gasteiger partial charge in [-0.1, -0.05) is 11.6 Å². The molecule has 2 aromatic carbocycles. The molecule has 0 heterocycles. The smallest absolute Gasteiger partial charge is 0.270 e. The van der Waals surface area contributed by atoms with Crippen LogP contribution in [0.2, 0.25) is 5.02 Å². The number of aromatic hydroxyl groups is 1. The number of rotatable bonds is 3. The highest BCUT2D eigenvalue weighted by Gasteiger charge is 2.09. The van der Waals surface area contributed by atoms with Crippen LogP contribution in [0.25, 0.3) is 0 Å². The van der Waals surface area contributed by atoms with Crippen molar-refractivity contribution >= 4 is 51.8 Å². The van der Waals surface area contributed by atoms with Gasteiger partial charge in [-0.05, 0) is 46.9 Å². The van der Waals surface area contributed by atoms with Crippen molar-refractivity contribution in [2.45, 2.75) is 0 Å². The zero-order valence-corrected chi connectivity index (χ0v) is 12.9. The Morgan fingerprint density at radius 2 is 2.05 bits per heavy atom. The summed E-state index contributed by atoms with van der Waals surface area (Å²) < 4.78 is 0.977. The number of nitrogens with zero attached hydrogens (tertiary/aromatic N) is 2. The van der Waals surface area contributed by atoms with Gasteiger partial charge in [-0.2, -0.15) is 0 Å². The lowest BCUT2D eigenvalue weighted by molar-refractivity contribution is -0.384. The molecule has 0 bridgehead atoms. The number of nitro groups is 1. The minimum atomic E-state index is -0.533. The number of non-ortho nitro benzene ring substituents is 1. The number of aliphatic imine (C=N–C) groups is 1. The number of halogens is 2. The van der Waals surface area contributed by atoms with Crippen LogP contribution in [-0.2, 0) is 0 Å². The van der Waals surface area contributed by atoms with Crippen LogP contribution < -0.4 is 0 Å². The second kappa shape index (κ2) is 6.19. The Morgan fingerprint density at radius 3 is 2.70 bits per heavy atom. The minimum absolute atomic E-state index is 0.0824. The topological polar surface area (TPSA) is 75.7 Å². The Bertz CT molecular complexity index is 704. The molecule has 2 aromatic rings. The maximum absolute atomic E-state index is 10.7. The third-order valence-corrected chi connectivity index (χ3v) is 3.45. The van der Waals surface area contributed by atoms with E-state index in [0.29, 0.717) is 10.7 Å². The highest BCUT2D eigenvalue weighted by Crippen LogP contribution is 2.27. The molecule has 0 unspecified atom stereocenters. The van der Waals surface area contributed by atoms with E-state index in [9.17, 15) is 15.2 Å². The van der Waals surface area contributed by atoms with E-state index in [1.807, 2.05) is 6.07 Å². The molecule has 0 aromatic heterocycles. The summed E-state index contributed by atoms with van der Waals surface area (Å²) >= 11 is 8.16. The average molecular weight is 403 g/mol. The molecule has 20 heavy (non-hydrogen) atoms. The number of hydrogen-bond acceptors (Lipinski definition) is 4. The Labute approximate surface area is 133 Å². The normalized spacial score (nSPS) is 10.9. The van der Waals surface area contributed by atoms with Crippen LogP contribution in [0, 0.1) is 13.7 Å². The van der Waals surface area contributed by atoms with Crippen molar-refractivity contribution in [3.05, 3.63) is 60.7 Å². The lowest BCUT2D eigenvalue weighted by atomic mass is 10.2. The summed E-state index contributed by atoms with van der Waals surface area (Å²) in [6.07, 6.45) is 1.34. The second-order valence-corrected chi connectivity index (χ2v) is 5.51. The lowest BCUT2D eigenvalue weighted by Gasteiger charge is -2.00. The summed E-state index contributed by atoms with van der Waals surface area (Å²) in [7, 11) is 0. The molecular weight excluding hydrogens is 395 g/mol. The first-order valence-corrected chi connectivity index (χ1v) is 6.89. The summed E-state index contributed by atoms with van der Waals surface area (Å²) in [6.45, 7) is 0. The molecule has 7 heteroatoms. The van der Waals surface area contributed by atoms with Gasteiger partial charge in [0.2, 0.25) is 0 Å². The van der Waals surface area contributed by atoms with Crippen molar-refractivity contribution in [3.8, 4) is 5.75 Å². The summed E-state index contributed by atoms with van der Waals surface area (Å²) in [6, 6.07) is 9.06. The van der Waals surface area contributed by atoms with Crippen LogP contribution in [0.1, 0.15) is 5.56 Å². The van der Waals surface area contributed by atoms with Crippen molar-refractivity contribution in [2.75, 3.05) is 0 Å². The second-order valence-electron chi connectivity index (χ2n) is 3.85. The fraction of sp³-hybridized carbons (Fsp3) is 0. The van der Waals surface area contributed by atoms with Gasteiger partial charge in [0.05, 0.1) is 15.6 Å². The third-order valence-electron chi connectivity index (χ3n) is 2.47. The van der Waals surface area contributed by atoms with Crippen LogP contribution in [0.4, 0.5) is 11.4 Å². The predicted molar refractivity (Wildman–Crippen MR) is 86.2 cm³/mol. The fourth-order valence-electron chi connectivity index (χ4n) is 1.48. The van der Waals surface area contributed by atoms with Gasteiger partial charge in [-0.15, -0.1) is 0 Å². The SMILES string of the molecule is O=[N+]([O-])c1ccc(O)c(C=Nc2ccc(I)cc2Cl)c1. The molecule has 5 nitrogen and oxygen atoms in total. The van der Waals surface area contributed by atoms with Gasteiger partial charge in [0, 0.05) is 27.5 Å². The summed E-state index contributed by atoms with van der Waals surface area (Å²) in [5, 5.41) is 20.8. The lowest BCUT2D eigenvalue weighted by Crippen LogP contribution is -1.90. The van der Waals surface area contributed by atoms with Gasteiger partial charge >= 0.3 is 0 Å². The van der Waals surface area contributed by atoms with E-state index >= 15 is 0 Å². The summed E-state index contributed by atoms with van der Waals surface area (Å²) in [4.78, 5) is 14.3. The maximum Gasteiger partial charge on any atom is 0.270 e. The van der Waals surface area contributed by atoms with E-state index in [1.165, 1.54) is 24.4 Å². The first-order valence-electron chi connectivity index (χ1n) is 5.44. The van der Waals surface area contributed by atoms with E-state index in [2.05, 4.69) is 27.6 Å². The average Bonchev–Trinajstić information content (AvgIpc) is 2.39. The zero-order valence-electron chi connectivity index (χ0n) is 9.96. The van der Waals surface area contributed by atoms with Crippen molar-refractivity contribution in [2.24, 2.45) is 4.99 Å². The number of nitro benzene ring substituents is 1. The van der Waals surface area contributed by atoms with E-state index < -0.39 is 4.92 Å². The molecule has 0 spiro atoms. The van der Waals surface area contributed by atoms with E-state index in [4.69, 9.17) is 11.6 Å². The molecule has 0 radical (unpaired) electrons. The Balaban J connectivity index is 2.35. The molecule has 2 rings (SSSR count). The van der Waals surface area contributed by atoms with Gasteiger partial charge in [0.25, 0.3) is 5.69 Å². The molecule has 0 aliphatic rings. The maximum atomic E-state index is 10.7. The molecular formula is C13H8ClIN2O3. The molecule has 0 amide bonds. The highest BCUT2D eigenvalue weighted by atomic mass is 127. The standard InChI is InChI=1S/C13H8ClIN2O3/c14-11-6-9(15)1-3-12(11)16-7-8-5-10(17(19)20)2-4-13(8)18/h1-7,18H. The molecule has 0 aliphatic heterocycles. The summed E-state index contributed by atoms with van der Waals surface area (Å²) in [5.74, 6) is -0.0824. The van der Waals surface area contributed by atoms with E-state index in [1.54, 1.807) is 12.1 Å². The first kappa shape index (κ1) is 14.7. The van der Waals surface area contributed by atoms with Gasteiger partial charge in [0.15, 0.2) is 0 Å². The highest BCUT2D eigenvalue weighted by molar-refractivity contribution is 14.1. The molecule has 0 atom stereocenters. The number of phenols is 1. The van der Waals surface area contributed by atoms with Crippen LogP contribution in [-0.4, -0.2) is 16.2 Å². The van der Waals surface area contributed by atoms with Crippen LogP contribution >= 0.6 is 34.2 Å². The van der Waals surface area contributed by atoms with Gasteiger partial charge in [-0.25, -0.2) is 0 Å². The largest absolute Gasteiger partial charge is 0.507 e. The van der Waals surface area contributed by atoms with Crippen LogP contribution in [0.5, 0.6) is 5.75 Å². The van der Waals surface area contributed by atoms with E-state index in [0.717, 1.165) is 3.57 Å². The van der Waals surface area contributed by atoms with Crippen molar-refractivity contribution in [1.82, 2.24) is 0 Å². The monoisotopic (exact) mass is 402 g/mol. The number of phenolic OH excluding ortho intramolecular Hbond substituents is 1. The van der Waals surface area contributed by atoms with Gasteiger partial charge in [-0.3, -0.25) is 15.1 Å². The Morgan fingerprint density at radius 1 is 1.30 bits per heavy atom. The molecule has 0 saturated carbocycles. The van der Waals surface area contributed by atoms with Gasteiger partial charge in [0.1, 0.15) is 5.75 Å². The van der Waals surface area contributed by atoms with Crippen molar-refractivity contribution < 1.29 is 10.0 Å².